The standard InChI is InChI=1S/C36H31BO3/c1-35(2)36(3,4)40-37(39-35)31-23-27(24-13-7-5-8-14-24)22-29(34(31)25-15-9-6-10-16-25)26-19-20-33-30(21-26)28-17-11-12-18-32(28)38-33/h5-23H,1-4H3. The third kappa shape index (κ3) is 4.07. The van der Waals surface area contributed by atoms with Gasteiger partial charge >= 0.3 is 7.12 Å². The average molecular weight is 522 g/mol. The molecule has 7 rings (SSSR count). The normalized spacial score (nSPS) is 16.1. The quantitative estimate of drug-likeness (QED) is 0.217. The van der Waals surface area contributed by atoms with Crippen LogP contribution in [-0.2, 0) is 9.31 Å². The molecule has 2 heterocycles. The Labute approximate surface area is 235 Å². The van der Waals surface area contributed by atoms with Crippen LogP contribution in [0.15, 0.2) is 120 Å². The lowest BCUT2D eigenvalue weighted by Gasteiger charge is -2.32. The van der Waals surface area contributed by atoms with Crippen molar-refractivity contribution in [3.63, 3.8) is 0 Å². The summed E-state index contributed by atoms with van der Waals surface area (Å²) in [5, 5.41) is 2.22. The van der Waals surface area contributed by atoms with Gasteiger partial charge in [0.1, 0.15) is 11.2 Å². The molecule has 1 aliphatic rings. The van der Waals surface area contributed by atoms with E-state index in [1.807, 2.05) is 12.1 Å². The predicted octanol–water partition coefficient (Wildman–Crippen LogP) is 8.89. The molecule has 0 radical (unpaired) electrons. The van der Waals surface area contributed by atoms with Gasteiger partial charge in [0.05, 0.1) is 11.2 Å². The first-order valence-electron chi connectivity index (χ1n) is 13.9. The van der Waals surface area contributed by atoms with Gasteiger partial charge in [-0.2, -0.15) is 0 Å². The maximum atomic E-state index is 6.67. The van der Waals surface area contributed by atoms with Crippen molar-refractivity contribution in [3.05, 3.63) is 115 Å². The Morgan fingerprint density at radius 1 is 0.500 bits per heavy atom. The predicted molar refractivity (Wildman–Crippen MR) is 166 cm³/mol. The van der Waals surface area contributed by atoms with Gasteiger partial charge < -0.3 is 13.7 Å². The van der Waals surface area contributed by atoms with E-state index in [-0.39, 0.29) is 0 Å². The summed E-state index contributed by atoms with van der Waals surface area (Å²) in [6.45, 7) is 8.42. The van der Waals surface area contributed by atoms with Crippen LogP contribution in [0.1, 0.15) is 27.7 Å². The topological polar surface area (TPSA) is 31.6 Å². The summed E-state index contributed by atoms with van der Waals surface area (Å²) in [6, 6.07) is 40.4. The number of benzene rings is 5. The van der Waals surface area contributed by atoms with Gasteiger partial charge in [0.15, 0.2) is 0 Å². The summed E-state index contributed by atoms with van der Waals surface area (Å²) >= 11 is 0. The van der Waals surface area contributed by atoms with Crippen molar-refractivity contribution in [2.75, 3.05) is 0 Å². The Morgan fingerprint density at radius 3 is 1.80 bits per heavy atom. The summed E-state index contributed by atoms with van der Waals surface area (Å²) in [5.41, 5.74) is 8.66. The summed E-state index contributed by atoms with van der Waals surface area (Å²) in [7, 11) is -0.513. The van der Waals surface area contributed by atoms with Crippen molar-refractivity contribution in [2.24, 2.45) is 0 Å². The van der Waals surface area contributed by atoms with E-state index in [0.717, 1.165) is 60.8 Å². The highest BCUT2D eigenvalue weighted by Crippen LogP contribution is 2.41. The molecule has 4 heteroatoms. The van der Waals surface area contributed by atoms with E-state index in [1.54, 1.807) is 0 Å². The lowest BCUT2D eigenvalue weighted by atomic mass is 9.71. The van der Waals surface area contributed by atoms with Gasteiger partial charge in [-0.1, -0.05) is 91.0 Å². The third-order valence-corrected chi connectivity index (χ3v) is 8.53. The van der Waals surface area contributed by atoms with Crippen LogP contribution in [-0.4, -0.2) is 18.3 Å². The molecule has 196 valence electrons. The number of furan rings is 1. The van der Waals surface area contributed by atoms with Crippen molar-refractivity contribution in [1.29, 1.82) is 0 Å². The number of hydrogen-bond donors (Lipinski definition) is 0. The van der Waals surface area contributed by atoms with Crippen molar-refractivity contribution in [3.8, 4) is 33.4 Å². The molecule has 0 unspecified atom stereocenters. The fraction of sp³-hybridized carbons (Fsp3) is 0.167. The largest absolute Gasteiger partial charge is 0.495 e. The molecule has 1 aromatic heterocycles. The van der Waals surface area contributed by atoms with Gasteiger partial charge in [-0.3, -0.25) is 0 Å². The molecule has 3 nitrogen and oxygen atoms in total. The van der Waals surface area contributed by atoms with E-state index < -0.39 is 18.3 Å². The van der Waals surface area contributed by atoms with Crippen LogP contribution in [0.5, 0.6) is 0 Å². The molecular weight excluding hydrogens is 491 g/mol. The number of para-hydroxylation sites is 1. The summed E-state index contributed by atoms with van der Waals surface area (Å²) in [6.07, 6.45) is 0. The Bertz CT molecular complexity index is 1840. The van der Waals surface area contributed by atoms with E-state index in [4.69, 9.17) is 13.7 Å². The maximum Gasteiger partial charge on any atom is 0.495 e. The first-order valence-corrected chi connectivity index (χ1v) is 13.9. The van der Waals surface area contributed by atoms with Crippen LogP contribution in [0.2, 0.25) is 0 Å². The third-order valence-electron chi connectivity index (χ3n) is 8.53. The first-order chi connectivity index (χ1) is 19.3. The lowest BCUT2D eigenvalue weighted by Crippen LogP contribution is -2.41. The fourth-order valence-corrected chi connectivity index (χ4v) is 5.67. The molecule has 5 aromatic carbocycles. The summed E-state index contributed by atoms with van der Waals surface area (Å²) in [4.78, 5) is 0. The van der Waals surface area contributed by atoms with Gasteiger partial charge in [-0.05, 0) is 90.8 Å². The lowest BCUT2D eigenvalue weighted by molar-refractivity contribution is 0.00578. The van der Waals surface area contributed by atoms with Crippen LogP contribution in [0, 0.1) is 0 Å². The second-order valence-corrected chi connectivity index (χ2v) is 11.6. The van der Waals surface area contributed by atoms with Crippen molar-refractivity contribution >= 4 is 34.5 Å². The molecule has 0 N–H and O–H groups in total. The number of fused-ring (bicyclic) bond motifs is 3. The van der Waals surface area contributed by atoms with Crippen molar-refractivity contribution in [1.82, 2.24) is 0 Å². The van der Waals surface area contributed by atoms with E-state index in [1.165, 1.54) is 0 Å². The highest BCUT2D eigenvalue weighted by atomic mass is 16.7. The first kappa shape index (κ1) is 24.9. The minimum absolute atomic E-state index is 0.455. The van der Waals surface area contributed by atoms with Gasteiger partial charge in [0.25, 0.3) is 0 Å². The average Bonchev–Trinajstić information content (AvgIpc) is 3.45. The molecule has 0 saturated carbocycles. The zero-order valence-corrected chi connectivity index (χ0v) is 23.3. The molecule has 1 saturated heterocycles. The van der Waals surface area contributed by atoms with Crippen molar-refractivity contribution < 1.29 is 13.7 Å². The molecule has 1 fully saturated rings. The van der Waals surface area contributed by atoms with Crippen LogP contribution in [0.4, 0.5) is 0 Å². The highest BCUT2D eigenvalue weighted by Gasteiger charge is 2.52. The minimum atomic E-state index is -0.513. The van der Waals surface area contributed by atoms with Gasteiger partial charge in [0, 0.05) is 10.8 Å². The fourth-order valence-electron chi connectivity index (χ4n) is 5.67. The van der Waals surface area contributed by atoms with Gasteiger partial charge in [-0.25, -0.2) is 0 Å². The second-order valence-electron chi connectivity index (χ2n) is 11.6. The molecule has 1 aliphatic heterocycles. The molecule has 0 atom stereocenters. The molecule has 0 aliphatic carbocycles. The van der Waals surface area contributed by atoms with Crippen LogP contribution in [0.3, 0.4) is 0 Å². The Morgan fingerprint density at radius 2 is 1.10 bits per heavy atom. The van der Waals surface area contributed by atoms with Crippen LogP contribution < -0.4 is 5.46 Å². The minimum Gasteiger partial charge on any atom is -0.456 e. The second kappa shape index (κ2) is 9.23. The zero-order valence-electron chi connectivity index (χ0n) is 23.3. The Balaban J connectivity index is 1.54. The van der Waals surface area contributed by atoms with E-state index in [9.17, 15) is 0 Å². The van der Waals surface area contributed by atoms with E-state index in [2.05, 4.69) is 131 Å². The highest BCUT2D eigenvalue weighted by molar-refractivity contribution is 6.64. The monoisotopic (exact) mass is 522 g/mol. The van der Waals surface area contributed by atoms with E-state index in [0.29, 0.717) is 0 Å². The van der Waals surface area contributed by atoms with Gasteiger partial charge in [0.2, 0.25) is 0 Å². The Hall–Kier alpha value is -4.12. The number of hydrogen-bond acceptors (Lipinski definition) is 3. The molecule has 0 amide bonds. The molecule has 40 heavy (non-hydrogen) atoms. The van der Waals surface area contributed by atoms with Crippen LogP contribution in [0.25, 0.3) is 55.3 Å². The summed E-state index contributed by atoms with van der Waals surface area (Å²) in [5.74, 6) is 0. The number of rotatable bonds is 4. The van der Waals surface area contributed by atoms with Crippen molar-refractivity contribution in [2.45, 2.75) is 38.9 Å². The van der Waals surface area contributed by atoms with E-state index >= 15 is 0 Å². The smallest absolute Gasteiger partial charge is 0.456 e. The SMILES string of the molecule is CC1(C)OB(c2cc(-c3ccccc3)cc(-c3ccc4oc5ccccc5c4c3)c2-c2ccccc2)OC1(C)C. The Kier molecular flexibility index (Phi) is 5.74. The summed E-state index contributed by atoms with van der Waals surface area (Å²) < 4.78 is 19.5. The van der Waals surface area contributed by atoms with Crippen LogP contribution >= 0.6 is 0 Å². The molecule has 0 spiro atoms. The molecule has 6 aromatic rings. The molecule has 0 bridgehead atoms. The van der Waals surface area contributed by atoms with Gasteiger partial charge in [-0.15, -0.1) is 0 Å². The molecular formula is C36H31BO3. The maximum absolute atomic E-state index is 6.67. The zero-order chi connectivity index (χ0) is 27.5.